The van der Waals surface area contributed by atoms with E-state index in [0.29, 0.717) is 11.7 Å². The summed E-state index contributed by atoms with van der Waals surface area (Å²) in [6.45, 7) is 2.51. The van der Waals surface area contributed by atoms with E-state index in [2.05, 4.69) is 12.2 Å². The minimum absolute atomic E-state index is 0.428. The number of aryl methyl sites for hydroxylation is 1. The molecule has 128 valence electrons. The first-order chi connectivity index (χ1) is 11.3. The van der Waals surface area contributed by atoms with Crippen LogP contribution in [0.15, 0.2) is 48.5 Å². The number of nitrogens with one attached hydrogen (secondary N) is 1. The van der Waals surface area contributed by atoms with Crippen LogP contribution in [0.2, 0.25) is 0 Å². The van der Waals surface area contributed by atoms with Crippen molar-refractivity contribution in [3.05, 3.63) is 65.2 Å². The molecule has 0 unspecified atom stereocenters. The Morgan fingerprint density at radius 2 is 1.75 bits per heavy atom. The quantitative estimate of drug-likeness (QED) is 0.771. The molecule has 0 spiro atoms. The van der Waals surface area contributed by atoms with E-state index in [0.717, 1.165) is 29.8 Å². The molecule has 0 saturated heterocycles. The molecule has 0 radical (unpaired) electrons. The minimum Gasteiger partial charge on any atom is -0.348 e. The van der Waals surface area contributed by atoms with Crippen molar-refractivity contribution < 1.29 is 13.2 Å². The van der Waals surface area contributed by atoms with Gasteiger partial charge in [0.1, 0.15) is 0 Å². The monoisotopic (exact) mass is 352 g/mol. The molecule has 0 atom stereocenters. The van der Waals surface area contributed by atoms with Gasteiger partial charge >= 0.3 is 6.18 Å². The van der Waals surface area contributed by atoms with Gasteiger partial charge < -0.3 is 10.2 Å². The van der Waals surface area contributed by atoms with E-state index >= 15 is 0 Å². The SMILES string of the molecule is CCc1cccc(NC(=S)N(C)Cc2ccc(C(F)(F)F)cc2)c1. The maximum absolute atomic E-state index is 12.6. The van der Waals surface area contributed by atoms with Crippen LogP contribution in [-0.4, -0.2) is 17.1 Å². The summed E-state index contributed by atoms with van der Waals surface area (Å²) in [5.74, 6) is 0. The number of rotatable bonds is 4. The van der Waals surface area contributed by atoms with Gasteiger partial charge in [0.05, 0.1) is 5.56 Å². The Morgan fingerprint density at radius 1 is 1.08 bits per heavy atom. The number of halogens is 3. The zero-order chi connectivity index (χ0) is 17.7. The standard InChI is InChI=1S/C18H19F3N2S/c1-3-13-5-4-6-16(11-13)22-17(24)23(2)12-14-7-9-15(10-8-14)18(19,20)21/h4-11H,3,12H2,1-2H3,(H,22,24). The van der Waals surface area contributed by atoms with E-state index in [4.69, 9.17) is 12.2 Å². The highest BCUT2D eigenvalue weighted by Crippen LogP contribution is 2.29. The van der Waals surface area contributed by atoms with Gasteiger partial charge in [0.2, 0.25) is 0 Å². The maximum atomic E-state index is 12.6. The maximum Gasteiger partial charge on any atom is 0.416 e. The zero-order valence-corrected chi connectivity index (χ0v) is 14.3. The van der Waals surface area contributed by atoms with Gasteiger partial charge in [-0.1, -0.05) is 31.2 Å². The fraction of sp³-hybridized carbons (Fsp3) is 0.278. The van der Waals surface area contributed by atoms with E-state index in [-0.39, 0.29) is 0 Å². The third-order valence-corrected chi connectivity index (χ3v) is 4.05. The second-order valence-corrected chi connectivity index (χ2v) is 5.92. The van der Waals surface area contributed by atoms with E-state index < -0.39 is 11.7 Å². The lowest BCUT2D eigenvalue weighted by Crippen LogP contribution is -2.30. The topological polar surface area (TPSA) is 15.3 Å². The fourth-order valence-corrected chi connectivity index (χ4v) is 2.42. The van der Waals surface area contributed by atoms with E-state index in [1.165, 1.54) is 17.7 Å². The highest BCUT2D eigenvalue weighted by atomic mass is 32.1. The van der Waals surface area contributed by atoms with Crippen LogP contribution in [0.3, 0.4) is 0 Å². The third kappa shape index (κ3) is 4.96. The Morgan fingerprint density at radius 3 is 2.33 bits per heavy atom. The third-order valence-electron chi connectivity index (χ3n) is 3.63. The van der Waals surface area contributed by atoms with Gasteiger partial charge in [-0.05, 0) is 54.0 Å². The number of hydrogen-bond acceptors (Lipinski definition) is 1. The summed E-state index contributed by atoms with van der Waals surface area (Å²) < 4.78 is 37.7. The van der Waals surface area contributed by atoms with E-state index in [1.807, 2.05) is 24.3 Å². The molecule has 0 aliphatic carbocycles. The predicted octanol–water partition coefficient (Wildman–Crippen LogP) is 5.10. The zero-order valence-electron chi connectivity index (χ0n) is 13.5. The fourth-order valence-electron chi connectivity index (χ4n) is 2.23. The van der Waals surface area contributed by atoms with Crippen molar-refractivity contribution in [2.75, 3.05) is 12.4 Å². The molecule has 0 saturated carbocycles. The number of hydrogen-bond donors (Lipinski definition) is 1. The van der Waals surface area contributed by atoms with Crippen molar-refractivity contribution >= 4 is 23.0 Å². The molecule has 2 aromatic rings. The molecular formula is C18H19F3N2S. The molecule has 1 N–H and O–H groups in total. The highest BCUT2D eigenvalue weighted by Gasteiger charge is 2.29. The summed E-state index contributed by atoms with van der Waals surface area (Å²) in [5.41, 5.74) is 2.22. The first-order valence-corrected chi connectivity index (χ1v) is 7.97. The van der Waals surface area contributed by atoms with E-state index in [1.54, 1.807) is 11.9 Å². The van der Waals surface area contributed by atoms with Crippen LogP contribution < -0.4 is 5.32 Å². The van der Waals surface area contributed by atoms with Gasteiger partial charge in [-0.2, -0.15) is 13.2 Å². The molecule has 2 rings (SSSR count). The van der Waals surface area contributed by atoms with Crippen LogP contribution in [0.5, 0.6) is 0 Å². The first-order valence-electron chi connectivity index (χ1n) is 7.57. The van der Waals surface area contributed by atoms with Crippen molar-refractivity contribution in [2.45, 2.75) is 26.1 Å². The molecule has 0 bridgehead atoms. The molecule has 0 aliphatic rings. The highest BCUT2D eigenvalue weighted by molar-refractivity contribution is 7.80. The van der Waals surface area contributed by atoms with Crippen LogP contribution in [-0.2, 0) is 19.1 Å². The number of benzene rings is 2. The van der Waals surface area contributed by atoms with Gasteiger partial charge in [-0.15, -0.1) is 0 Å². The minimum atomic E-state index is -4.31. The Labute approximate surface area is 145 Å². The van der Waals surface area contributed by atoms with Gasteiger partial charge in [0.25, 0.3) is 0 Å². The van der Waals surface area contributed by atoms with Gasteiger partial charge in [0, 0.05) is 19.3 Å². The lowest BCUT2D eigenvalue weighted by atomic mass is 10.1. The van der Waals surface area contributed by atoms with Gasteiger partial charge in [-0.3, -0.25) is 0 Å². The number of nitrogens with zero attached hydrogens (tertiary/aromatic N) is 1. The smallest absolute Gasteiger partial charge is 0.348 e. The molecule has 0 fully saturated rings. The predicted molar refractivity (Wildman–Crippen MR) is 95.0 cm³/mol. The van der Waals surface area contributed by atoms with Crippen LogP contribution in [0.1, 0.15) is 23.6 Å². The summed E-state index contributed by atoms with van der Waals surface area (Å²) >= 11 is 5.36. The van der Waals surface area contributed by atoms with Crippen molar-refractivity contribution in [1.82, 2.24) is 4.90 Å². The molecule has 0 aromatic heterocycles. The van der Waals surface area contributed by atoms with Crippen LogP contribution in [0, 0.1) is 0 Å². The van der Waals surface area contributed by atoms with Crippen molar-refractivity contribution in [3.8, 4) is 0 Å². The lowest BCUT2D eigenvalue weighted by molar-refractivity contribution is -0.137. The number of thiocarbonyl (C=S) groups is 1. The van der Waals surface area contributed by atoms with Gasteiger partial charge in [0.15, 0.2) is 5.11 Å². The van der Waals surface area contributed by atoms with Crippen LogP contribution in [0.25, 0.3) is 0 Å². The van der Waals surface area contributed by atoms with Crippen LogP contribution in [0.4, 0.5) is 18.9 Å². The normalized spacial score (nSPS) is 11.2. The number of anilines is 1. The molecule has 6 heteroatoms. The molecule has 0 amide bonds. The first kappa shape index (κ1) is 18.3. The average molecular weight is 352 g/mol. The van der Waals surface area contributed by atoms with E-state index in [9.17, 15) is 13.2 Å². The van der Waals surface area contributed by atoms with Crippen molar-refractivity contribution in [1.29, 1.82) is 0 Å². The molecule has 2 nitrogen and oxygen atoms in total. The molecule has 0 heterocycles. The Hall–Kier alpha value is -2.08. The summed E-state index contributed by atoms with van der Waals surface area (Å²) in [5, 5.41) is 3.67. The summed E-state index contributed by atoms with van der Waals surface area (Å²) in [7, 11) is 1.80. The molecule has 2 aromatic carbocycles. The Kier molecular flexibility index (Phi) is 5.83. The van der Waals surface area contributed by atoms with Crippen molar-refractivity contribution in [3.63, 3.8) is 0 Å². The van der Waals surface area contributed by atoms with Crippen LogP contribution >= 0.6 is 12.2 Å². The number of alkyl halides is 3. The molecule has 0 aliphatic heterocycles. The summed E-state index contributed by atoms with van der Waals surface area (Å²) in [6, 6.07) is 13.1. The van der Waals surface area contributed by atoms with Gasteiger partial charge in [-0.25, -0.2) is 0 Å². The Balaban J connectivity index is 1.98. The van der Waals surface area contributed by atoms with Crippen molar-refractivity contribution in [2.24, 2.45) is 0 Å². The second-order valence-electron chi connectivity index (χ2n) is 5.53. The lowest BCUT2D eigenvalue weighted by Gasteiger charge is -2.21. The summed E-state index contributed by atoms with van der Waals surface area (Å²) in [6.07, 6.45) is -3.38. The largest absolute Gasteiger partial charge is 0.416 e. The average Bonchev–Trinajstić information content (AvgIpc) is 2.54. The Bertz CT molecular complexity index is 696. The molecular weight excluding hydrogens is 333 g/mol. The second kappa shape index (κ2) is 7.66. The summed E-state index contributed by atoms with van der Waals surface area (Å²) in [4.78, 5) is 1.79. The molecule has 24 heavy (non-hydrogen) atoms.